The molecule has 0 spiro atoms. The van der Waals surface area contributed by atoms with Crippen LogP contribution in [-0.4, -0.2) is 6.16 Å². The van der Waals surface area contributed by atoms with Crippen molar-refractivity contribution in [1.29, 1.82) is 0 Å². The van der Waals surface area contributed by atoms with Gasteiger partial charge in [0, 0.05) is 22.2 Å². The smallest absolute Gasteiger partial charge is 0.144 e. The lowest BCUT2D eigenvalue weighted by atomic mass is 10.0. The molecule has 1 aromatic heterocycles. The van der Waals surface area contributed by atoms with Crippen molar-refractivity contribution in [1.82, 2.24) is 0 Å². The van der Waals surface area contributed by atoms with E-state index in [1.54, 1.807) is 11.3 Å². The van der Waals surface area contributed by atoms with Crippen LogP contribution >= 0.6 is 18.5 Å². The van der Waals surface area contributed by atoms with E-state index in [-0.39, 0.29) is 5.41 Å². The molecule has 2 aromatic carbocycles. The summed E-state index contributed by atoms with van der Waals surface area (Å²) in [5.41, 5.74) is 1.48. The first kappa shape index (κ1) is 14.9. The molecule has 3 aromatic rings. The molecule has 0 unspecified atom stereocenters. The van der Waals surface area contributed by atoms with Gasteiger partial charge in [-0.15, -0.1) is 0 Å². The predicted molar refractivity (Wildman–Crippen MR) is 99.9 cm³/mol. The molecule has 1 aliphatic rings. The van der Waals surface area contributed by atoms with Crippen LogP contribution in [-0.2, 0) is 9.98 Å². The summed E-state index contributed by atoms with van der Waals surface area (Å²) in [5, 5.41) is 6.32. The standard InChI is InChI=1S/C20H19OPS/c21-22(18-7-3-1-4-8-18,19-9-5-2-6-10-19)16-20(12-13-20)17-11-14-23-15-17/h1-11,14-15H,12-13,16H2. The number of hydrogen-bond donors (Lipinski definition) is 0. The first-order valence-corrected chi connectivity index (χ1v) is 10.8. The van der Waals surface area contributed by atoms with Gasteiger partial charge in [-0.25, -0.2) is 0 Å². The highest BCUT2D eigenvalue weighted by Crippen LogP contribution is 2.59. The normalized spacial score (nSPS) is 16.2. The van der Waals surface area contributed by atoms with E-state index >= 15 is 0 Å². The average Bonchev–Trinajstić information content (AvgIpc) is 3.16. The van der Waals surface area contributed by atoms with Gasteiger partial charge < -0.3 is 4.57 Å². The van der Waals surface area contributed by atoms with Crippen molar-refractivity contribution in [2.45, 2.75) is 18.3 Å². The Kier molecular flexibility index (Phi) is 3.75. The van der Waals surface area contributed by atoms with Crippen LogP contribution in [0.15, 0.2) is 77.5 Å². The molecule has 4 rings (SSSR count). The van der Waals surface area contributed by atoms with Gasteiger partial charge in [-0.2, -0.15) is 11.3 Å². The molecule has 0 N–H and O–H groups in total. The minimum Gasteiger partial charge on any atom is -0.314 e. The summed E-state index contributed by atoms with van der Waals surface area (Å²) in [5.74, 6) is 0. The Morgan fingerprint density at radius 3 is 1.87 bits per heavy atom. The van der Waals surface area contributed by atoms with Gasteiger partial charge in [0.25, 0.3) is 0 Å². The van der Waals surface area contributed by atoms with Crippen LogP contribution in [0.3, 0.4) is 0 Å². The molecule has 0 saturated heterocycles. The summed E-state index contributed by atoms with van der Waals surface area (Å²) in [7, 11) is -2.62. The number of benzene rings is 2. The van der Waals surface area contributed by atoms with E-state index < -0.39 is 7.14 Å². The van der Waals surface area contributed by atoms with E-state index in [1.807, 2.05) is 60.7 Å². The maximum atomic E-state index is 14.2. The molecule has 1 fully saturated rings. The van der Waals surface area contributed by atoms with E-state index in [1.165, 1.54) is 5.56 Å². The first-order valence-electron chi connectivity index (χ1n) is 7.96. The first-order chi connectivity index (χ1) is 11.2. The van der Waals surface area contributed by atoms with E-state index in [0.29, 0.717) is 0 Å². The summed E-state index contributed by atoms with van der Waals surface area (Å²) in [6, 6.07) is 22.3. The van der Waals surface area contributed by atoms with Crippen LogP contribution in [0, 0.1) is 0 Å². The fraction of sp³-hybridized carbons (Fsp3) is 0.200. The molecule has 0 radical (unpaired) electrons. The van der Waals surface area contributed by atoms with E-state index in [2.05, 4.69) is 16.8 Å². The van der Waals surface area contributed by atoms with Crippen LogP contribution in [0.25, 0.3) is 0 Å². The summed E-state index contributed by atoms with van der Waals surface area (Å²) in [6.07, 6.45) is 3.03. The second-order valence-electron chi connectivity index (χ2n) is 6.36. The predicted octanol–water partition coefficient (Wildman–Crippen LogP) is 4.79. The molecular weight excluding hydrogens is 319 g/mol. The molecule has 116 valence electrons. The van der Waals surface area contributed by atoms with Crippen LogP contribution in [0.4, 0.5) is 0 Å². The SMILES string of the molecule is O=P(CC1(c2ccsc2)CC1)(c1ccccc1)c1ccccc1. The number of hydrogen-bond acceptors (Lipinski definition) is 2. The van der Waals surface area contributed by atoms with Crippen molar-refractivity contribution in [3.05, 3.63) is 83.1 Å². The molecule has 0 aliphatic heterocycles. The zero-order valence-electron chi connectivity index (χ0n) is 12.9. The Bertz CT molecular complexity index is 777. The molecule has 0 amide bonds. The fourth-order valence-electron chi connectivity index (χ4n) is 3.35. The molecule has 0 bridgehead atoms. The topological polar surface area (TPSA) is 17.1 Å². The molecule has 1 saturated carbocycles. The molecule has 1 heterocycles. The van der Waals surface area contributed by atoms with E-state index in [9.17, 15) is 4.57 Å². The number of rotatable bonds is 5. The second-order valence-corrected chi connectivity index (χ2v) is 9.97. The summed E-state index contributed by atoms with van der Waals surface area (Å²) < 4.78 is 14.2. The monoisotopic (exact) mass is 338 g/mol. The van der Waals surface area contributed by atoms with E-state index in [0.717, 1.165) is 29.6 Å². The van der Waals surface area contributed by atoms with Crippen molar-refractivity contribution < 1.29 is 4.57 Å². The largest absolute Gasteiger partial charge is 0.314 e. The van der Waals surface area contributed by atoms with Gasteiger partial charge in [0.2, 0.25) is 0 Å². The molecule has 1 nitrogen and oxygen atoms in total. The van der Waals surface area contributed by atoms with Gasteiger partial charge in [0.15, 0.2) is 0 Å². The summed E-state index contributed by atoms with van der Waals surface area (Å²) in [6.45, 7) is 0. The Morgan fingerprint density at radius 2 is 1.43 bits per heavy atom. The lowest BCUT2D eigenvalue weighted by Gasteiger charge is -2.24. The maximum absolute atomic E-state index is 14.2. The van der Waals surface area contributed by atoms with Gasteiger partial charge >= 0.3 is 0 Å². The minimum absolute atomic E-state index is 0.112. The van der Waals surface area contributed by atoms with Crippen molar-refractivity contribution in [3.63, 3.8) is 0 Å². The zero-order chi connectivity index (χ0) is 15.8. The van der Waals surface area contributed by atoms with Gasteiger partial charge in [-0.05, 0) is 35.2 Å². The quantitative estimate of drug-likeness (QED) is 0.611. The molecule has 1 aliphatic carbocycles. The third kappa shape index (κ3) is 2.71. The van der Waals surface area contributed by atoms with Gasteiger partial charge in [0.1, 0.15) is 7.14 Å². The molecule has 0 atom stereocenters. The van der Waals surface area contributed by atoms with Crippen LogP contribution < -0.4 is 10.6 Å². The Morgan fingerprint density at radius 1 is 0.870 bits per heavy atom. The highest BCUT2D eigenvalue weighted by atomic mass is 32.1. The van der Waals surface area contributed by atoms with Gasteiger partial charge in [-0.1, -0.05) is 60.7 Å². The number of thiophene rings is 1. The van der Waals surface area contributed by atoms with Crippen LogP contribution in [0.2, 0.25) is 0 Å². The molecular formula is C20H19OPS. The Labute approximate surface area is 141 Å². The zero-order valence-corrected chi connectivity index (χ0v) is 14.6. The molecule has 23 heavy (non-hydrogen) atoms. The van der Waals surface area contributed by atoms with E-state index in [4.69, 9.17) is 0 Å². The molecule has 3 heteroatoms. The highest BCUT2D eigenvalue weighted by Gasteiger charge is 2.49. The maximum Gasteiger partial charge on any atom is 0.144 e. The van der Waals surface area contributed by atoms with Crippen LogP contribution in [0.1, 0.15) is 18.4 Å². The van der Waals surface area contributed by atoms with Crippen LogP contribution in [0.5, 0.6) is 0 Å². The van der Waals surface area contributed by atoms with Crippen molar-refractivity contribution in [2.24, 2.45) is 0 Å². The van der Waals surface area contributed by atoms with Gasteiger partial charge in [-0.3, -0.25) is 0 Å². The second kappa shape index (κ2) is 5.78. The third-order valence-corrected chi connectivity index (χ3v) is 8.86. The average molecular weight is 338 g/mol. The third-order valence-electron chi connectivity index (χ3n) is 4.86. The van der Waals surface area contributed by atoms with Crippen molar-refractivity contribution in [3.8, 4) is 0 Å². The fourth-order valence-corrected chi connectivity index (χ4v) is 7.45. The Balaban J connectivity index is 1.80. The summed E-state index contributed by atoms with van der Waals surface area (Å²) >= 11 is 1.73. The van der Waals surface area contributed by atoms with Crippen molar-refractivity contribution >= 4 is 29.1 Å². The minimum atomic E-state index is -2.62. The Hall–Kier alpha value is -1.63. The lowest BCUT2D eigenvalue weighted by Crippen LogP contribution is -2.24. The highest BCUT2D eigenvalue weighted by molar-refractivity contribution is 7.78. The lowest BCUT2D eigenvalue weighted by molar-refractivity contribution is 0.581. The van der Waals surface area contributed by atoms with Gasteiger partial charge in [0.05, 0.1) is 0 Å². The van der Waals surface area contributed by atoms with Crippen molar-refractivity contribution in [2.75, 3.05) is 6.16 Å². The summed E-state index contributed by atoms with van der Waals surface area (Å²) in [4.78, 5) is 0.